The topological polar surface area (TPSA) is 43.8 Å². The third-order valence-corrected chi connectivity index (χ3v) is 5.19. The van der Waals surface area contributed by atoms with E-state index >= 15 is 0 Å². The number of nitrogens with zero attached hydrogens (tertiary/aromatic N) is 2. The largest absolute Gasteiger partial charge is 0.321 e. The summed E-state index contributed by atoms with van der Waals surface area (Å²) < 4.78 is 3.11. The highest BCUT2D eigenvalue weighted by atomic mass is 79.9. The summed E-state index contributed by atoms with van der Waals surface area (Å²) in [5.74, 6) is 0. The summed E-state index contributed by atoms with van der Waals surface area (Å²) in [6.07, 6.45) is 0.755. The molecule has 1 heterocycles. The van der Waals surface area contributed by atoms with E-state index in [2.05, 4.69) is 66.9 Å². The molecule has 0 aliphatic heterocycles. The molecule has 1 unspecified atom stereocenters. The van der Waals surface area contributed by atoms with Crippen molar-refractivity contribution in [3.63, 3.8) is 0 Å². The molecule has 0 saturated carbocycles. The summed E-state index contributed by atoms with van der Waals surface area (Å²) in [6, 6.07) is 6.48. The molecule has 4 heteroatoms. The zero-order valence-corrected chi connectivity index (χ0v) is 15.1. The fraction of sp³-hybridized carbons (Fsp3) is 0.471. The fourth-order valence-corrected chi connectivity index (χ4v) is 3.01. The lowest BCUT2D eigenvalue weighted by molar-refractivity contribution is 0.462. The van der Waals surface area contributed by atoms with Gasteiger partial charge in [-0.2, -0.15) is 5.10 Å². The van der Waals surface area contributed by atoms with Gasteiger partial charge in [0.25, 0.3) is 0 Å². The molecule has 2 aromatic rings. The first-order chi connectivity index (χ1) is 9.76. The number of benzene rings is 1. The maximum Gasteiger partial charge on any atom is 0.0738 e. The summed E-state index contributed by atoms with van der Waals surface area (Å²) >= 11 is 3.65. The van der Waals surface area contributed by atoms with Crippen molar-refractivity contribution in [3.8, 4) is 0 Å². The second-order valence-electron chi connectivity index (χ2n) is 6.06. The molecule has 0 fully saturated rings. The van der Waals surface area contributed by atoms with Gasteiger partial charge in [-0.3, -0.25) is 4.68 Å². The van der Waals surface area contributed by atoms with Crippen LogP contribution in [0.25, 0.3) is 0 Å². The van der Waals surface area contributed by atoms with E-state index in [9.17, 15) is 0 Å². The Morgan fingerprint density at radius 1 is 1.24 bits per heavy atom. The van der Waals surface area contributed by atoms with Gasteiger partial charge in [-0.15, -0.1) is 0 Å². The molecule has 21 heavy (non-hydrogen) atoms. The molecule has 1 aromatic heterocycles. The lowest BCUT2D eigenvalue weighted by atomic mass is 9.86. The highest BCUT2D eigenvalue weighted by Gasteiger charge is 2.26. The Kier molecular flexibility index (Phi) is 4.59. The van der Waals surface area contributed by atoms with Gasteiger partial charge < -0.3 is 5.73 Å². The molecule has 1 atom stereocenters. The molecular formula is C17H24BrN3. The SMILES string of the molecule is CCn1nc(C)c(Br)c1CC(C)(N)c1ccc(C)c(C)c1. The zero-order valence-electron chi connectivity index (χ0n) is 13.5. The summed E-state index contributed by atoms with van der Waals surface area (Å²) in [5.41, 5.74) is 12.1. The third-order valence-electron chi connectivity index (χ3n) is 4.15. The van der Waals surface area contributed by atoms with Crippen molar-refractivity contribution in [2.75, 3.05) is 0 Å². The summed E-state index contributed by atoms with van der Waals surface area (Å²) in [7, 11) is 0. The van der Waals surface area contributed by atoms with Gasteiger partial charge >= 0.3 is 0 Å². The summed E-state index contributed by atoms with van der Waals surface area (Å²) in [5, 5.41) is 4.55. The van der Waals surface area contributed by atoms with Crippen molar-refractivity contribution in [3.05, 3.63) is 50.8 Å². The maximum atomic E-state index is 6.63. The Morgan fingerprint density at radius 2 is 1.90 bits per heavy atom. The second-order valence-corrected chi connectivity index (χ2v) is 6.85. The van der Waals surface area contributed by atoms with Gasteiger partial charge in [0, 0.05) is 18.5 Å². The standard InChI is InChI=1S/C17H24BrN3/c1-6-21-15(16(18)13(4)20-21)10-17(5,19)14-8-7-11(2)12(3)9-14/h7-9H,6,10,19H2,1-5H3. The average Bonchev–Trinajstić information content (AvgIpc) is 2.69. The minimum absolute atomic E-state index is 0.416. The van der Waals surface area contributed by atoms with Crippen LogP contribution >= 0.6 is 15.9 Å². The van der Waals surface area contributed by atoms with Gasteiger partial charge in [-0.1, -0.05) is 18.2 Å². The van der Waals surface area contributed by atoms with E-state index in [0.717, 1.165) is 23.1 Å². The zero-order chi connectivity index (χ0) is 15.8. The number of hydrogen-bond acceptors (Lipinski definition) is 2. The molecule has 3 nitrogen and oxygen atoms in total. The molecular weight excluding hydrogens is 326 g/mol. The number of rotatable bonds is 4. The normalized spacial score (nSPS) is 14.2. The van der Waals surface area contributed by atoms with E-state index in [0.29, 0.717) is 0 Å². The van der Waals surface area contributed by atoms with E-state index in [1.165, 1.54) is 22.4 Å². The van der Waals surface area contributed by atoms with E-state index in [-0.39, 0.29) is 0 Å². The number of hydrogen-bond donors (Lipinski definition) is 1. The Bertz CT molecular complexity index is 656. The second kappa shape index (κ2) is 5.93. The van der Waals surface area contributed by atoms with Crippen molar-refractivity contribution in [1.29, 1.82) is 0 Å². The average molecular weight is 350 g/mol. The Hall–Kier alpha value is -1.13. The molecule has 0 radical (unpaired) electrons. The van der Waals surface area contributed by atoms with Gasteiger partial charge in [-0.05, 0) is 67.2 Å². The molecule has 0 spiro atoms. The number of halogens is 1. The summed E-state index contributed by atoms with van der Waals surface area (Å²) in [4.78, 5) is 0. The highest BCUT2D eigenvalue weighted by Crippen LogP contribution is 2.29. The Labute approximate surface area is 135 Å². The highest BCUT2D eigenvalue weighted by molar-refractivity contribution is 9.10. The van der Waals surface area contributed by atoms with Crippen LogP contribution in [0.15, 0.2) is 22.7 Å². The van der Waals surface area contributed by atoms with Crippen LogP contribution in [0, 0.1) is 20.8 Å². The van der Waals surface area contributed by atoms with E-state index < -0.39 is 5.54 Å². The van der Waals surface area contributed by atoms with E-state index in [1.807, 2.05) is 11.6 Å². The molecule has 0 bridgehead atoms. The van der Waals surface area contributed by atoms with Gasteiger partial charge in [0.2, 0.25) is 0 Å². The molecule has 0 aliphatic rings. The first kappa shape index (κ1) is 16.2. The van der Waals surface area contributed by atoms with Crippen molar-refractivity contribution >= 4 is 15.9 Å². The smallest absolute Gasteiger partial charge is 0.0738 e. The quantitative estimate of drug-likeness (QED) is 0.906. The summed E-state index contributed by atoms with van der Waals surface area (Å²) in [6.45, 7) is 11.3. The number of aryl methyl sites for hydroxylation is 4. The predicted octanol–water partition coefficient (Wildman–Crippen LogP) is 4.01. The Balaban J connectivity index is 2.39. The van der Waals surface area contributed by atoms with Crippen molar-refractivity contribution in [2.45, 2.75) is 53.1 Å². The van der Waals surface area contributed by atoms with Gasteiger partial charge in [0.05, 0.1) is 15.9 Å². The van der Waals surface area contributed by atoms with Crippen LogP contribution in [0.2, 0.25) is 0 Å². The fourth-order valence-electron chi connectivity index (χ4n) is 2.58. The van der Waals surface area contributed by atoms with Gasteiger partial charge in [-0.25, -0.2) is 0 Å². The minimum atomic E-state index is -0.416. The molecule has 0 amide bonds. The lowest BCUT2D eigenvalue weighted by Gasteiger charge is -2.26. The molecule has 2 rings (SSSR count). The number of nitrogens with two attached hydrogens (primary N) is 1. The van der Waals surface area contributed by atoms with E-state index in [1.54, 1.807) is 0 Å². The van der Waals surface area contributed by atoms with Crippen LogP contribution in [-0.4, -0.2) is 9.78 Å². The maximum absolute atomic E-state index is 6.63. The third kappa shape index (κ3) is 3.22. The van der Waals surface area contributed by atoms with Crippen molar-refractivity contribution in [1.82, 2.24) is 9.78 Å². The van der Waals surface area contributed by atoms with Crippen LogP contribution in [0.5, 0.6) is 0 Å². The van der Waals surface area contributed by atoms with E-state index in [4.69, 9.17) is 5.73 Å². The van der Waals surface area contributed by atoms with Crippen LogP contribution in [-0.2, 0) is 18.5 Å². The molecule has 114 valence electrons. The van der Waals surface area contributed by atoms with Crippen LogP contribution in [0.3, 0.4) is 0 Å². The first-order valence-corrected chi connectivity index (χ1v) is 8.14. The predicted molar refractivity (Wildman–Crippen MR) is 91.5 cm³/mol. The molecule has 1 aromatic carbocycles. The van der Waals surface area contributed by atoms with Gasteiger partial charge in [0.1, 0.15) is 0 Å². The van der Waals surface area contributed by atoms with Crippen molar-refractivity contribution in [2.24, 2.45) is 5.73 Å². The molecule has 2 N–H and O–H groups in total. The monoisotopic (exact) mass is 349 g/mol. The van der Waals surface area contributed by atoms with Crippen LogP contribution in [0.1, 0.15) is 41.9 Å². The van der Waals surface area contributed by atoms with Crippen LogP contribution in [0.4, 0.5) is 0 Å². The Morgan fingerprint density at radius 3 is 2.48 bits per heavy atom. The first-order valence-electron chi connectivity index (χ1n) is 7.34. The minimum Gasteiger partial charge on any atom is -0.321 e. The van der Waals surface area contributed by atoms with Gasteiger partial charge in [0.15, 0.2) is 0 Å². The lowest BCUT2D eigenvalue weighted by Crippen LogP contribution is -2.36. The molecule has 0 aliphatic carbocycles. The number of aromatic nitrogens is 2. The van der Waals surface area contributed by atoms with Crippen LogP contribution < -0.4 is 5.73 Å². The molecule has 0 saturated heterocycles. The van der Waals surface area contributed by atoms with Crippen molar-refractivity contribution < 1.29 is 0 Å².